The number of esters is 1. The maximum atomic E-state index is 11.0. The molecule has 0 aliphatic rings. The third kappa shape index (κ3) is 2.81. The van der Waals surface area contributed by atoms with Crippen molar-refractivity contribution < 1.29 is 9.53 Å². The molecule has 1 heterocycles. The van der Waals surface area contributed by atoms with Crippen molar-refractivity contribution in [1.29, 1.82) is 0 Å². The van der Waals surface area contributed by atoms with Crippen molar-refractivity contribution in [2.75, 3.05) is 27.7 Å². The predicted octanol–water partition coefficient (Wildman–Crippen LogP) is -0.374. The van der Waals surface area contributed by atoms with Crippen LogP contribution in [0.3, 0.4) is 0 Å². The van der Waals surface area contributed by atoms with Crippen molar-refractivity contribution >= 4 is 5.97 Å². The molecule has 0 saturated carbocycles. The Kier molecular flexibility index (Phi) is 3.58. The fourth-order valence-corrected chi connectivity index (χ4v) is 0.908. The Labute approximate surface area is 82.5 Å². The summed E-state index contributed by atoms with van der Waals surface area (Å²) in [6, 6.07) is 0. The van der Waals surface area contributed by atoms with Gasteiger partial charge in [0.15, 0.2) is 5.69 Å². The first-order valence-corrected chi connectivity index (χ1v) is 4.26. The summed E-state index contributed by atoms with van der Waals surface area (Å²) in [6.07, 6.45) is 1.58. The van der Waals surface area contributed by atoms with Gasteiger partial charge >= 0.3 is 5.97 Å². The van der Waals surface area contributed by atoms with Crippen molar-refractivity contribution in [2.45, 2.75) is 6.54 Å². The first kappa shape index (κ1) is 10.6. The van der Waals surface area contributed by atoms with E-state index >= 15 is 0 Å². The lowest BCUT2D eigenvalue weighted by Crippen LogP contribution is -2.18. The van der Waals surface area contributed by atoms with Gasteiger partial charge < -0.3 is 9.64 Å². The Bertz CT molecular complexity index is 308. The molecular weight excluding hydrogens is 184 g/mol. The number of ether oxygens (including phenoxy) is 1. The second kappa shape index (κ2) is 4.71. The molecule has 14 heavy (non-hydrogen) atoms. The highest BCUT2D eigenvalue weighted by Crippen LogP contribution is 1.95. The summed E-state index contributed by atoms with van der Waals surface area (Å²) < 4.78 is 6.13. The summed E-state index contributed by atoms with van der Waals surface area (Å²) >= 11 is 0. The zero-order valence-corrected chi connectivity index (χ0v) is 8.60. The minimum absolute atomic E-state index is 0.242. The number of hydrogen-bond donors (Lipinski definition) is 0. The van der Waals surface area contributed by atoms with E-state index in [4.69, 9.17) is 0 Å². The molecule has 0 aliphatic carbocycles. The molecule has 6 heteroatoms. The summed E-state index contributed by atoms with van der Waals surface area (Å²) in [6.45, 7) is 1.56. The van der Waals surface area contributed by atoms with Crippen LogP contribution in [0.5, 0.6) is 0 Å². The van der Waals surface area contributed by atoms with Gasteiger partial charge in [-0.3, -0.25) is 4.68 Å². The van der Waals surface area contributed by atoms with Gasteiger partial charge in [0.05, 0.1) is 19.9 Å². The van der Waals surface area contributed by atoms with Crippen molar-refractivity contribution in [3.8, 4) is 0 Å². The standard InChI is InChI=1S/C8H14N4O2/c1-11(2)4-5-12-6-7(9-10-12)8(13)14-3/h6H,4-5H2,1-3H3. The highest BCUT2D eigenvalue weighted by molar-refractivity contribution is 5.86. The van der Waals surface area contributed by atoms with Gasteiger partial charge in [0, 0.05) is 6.54 Å². The van der Waals surface area contributed by atoms with Crippen LogP contribution in [0, 0.1) is 0 Å². The fourth-order valence-electron chi connectivity index (χ4n) is 0.908. The SMILES string of the molecule is COC(=O)c1cn(CCN(C)C)nn1. The van der Waals surface area contributed by atoms with E-state index in [1.165, 1.54) is 7.11 Å². The minimum atomic E-state index is -0.457. The highest BCUT2D eigenvalue weighted by Gasteiger charge is 2.09. The van der Waals surface area contributed by atoms with Crippen LogP contribution in [0.4, 0.5) is 0 Å². The lowest BCUT2D eigenvalue weighted by atomic mass is 10.5. The Morgan fingerprint density at radius 2 is 2.36 bits per heavy atom. The van der Waals surface area contributed by atoms with E-state index in [9.17, 15) is 4.79 Å². The van der Waals surface area contributed by atoms with Gasteiger partial charge in [-0.25, -0.2) is 4.79 Å². The zero-order chi connectivity index (χ0) is 10.6. The van der Waals surface area contributed by atoms with E-state index in [1.54, 1.807) is 10.9 Å². The first-order valence-electron chi connectivity index (χ1n) is 4.26. The highest BCUT2D eigenvalue weighted by atomic mass is 16.5. The molecule has 0 amide bonds. The van der Waals surface area contributed by atoms with Crippen molar-refractivity contribution in [3.63, 3.8) is 0 Å². The lowest BCUT2D eigenvalue weighted by molar-refractivity contribution is 0.0594. The maximum absolute atomic E-state index is 11.0. The number of methoxy groups -OCH3 is 1. The summed E-state index contributed by atoms with van der Waals surface area (Å²) in [5.74, 6) is -0.457. The van der Waals surface area contributed by atoms with Crippen molar-refractivity contribution in [3.05, 3.63) is 11.9 Å². The zero-order valence-electron chi connectivity index (χ0n) is 8.60. The van der Waals surface area contributed by atoms with Crippen LogP contribution in [0.15, 0.2) is 6.20 Å². The van der Waals surface area contributed by atoms with Gasteiger partial charge in [-0.1, -0.05) is 5.21 Å². The topological polar surface area (TPSA) is 60.2 Å². The normalized spacial score (nSPS) is 10.6. The van der Waals surface area contributed by atoms with Crippen molar-refractivity contribution in [1.82, 2.24) is 19.9 Å². The quantitative estimate of drug-likeness (QED) is 0.617. The predicted molar refractivity (Wildman–Crippen MR) is 49.9 cm³/mol. The molecule has 0 aliphatic heterocycles. The van der Waals surface area contributed by atoms with E-state index < -0.39 is 5.97 Å². The lowest BCUT2D eigenvalue weighted by Gasteiger charge is -2.07. The molecular formula is C8H14N4O2. The molecule has 0 bridgehead atoms. The maximum Gasteiger partial charge on any atom is 0.360 e. The van der Waals surface area contributed by atoms with E-state index in [2.05, 4.69) is 15.0 Å². The number of nitrogens with zero attached hydrogens (tertiary/aromatic N) is 4. The van der Waals surface area contributed by atoms with Gasteiger partial charge in [-0.05, 0) is 14.1 Å². The molecule has 1 rings (SSSR count). The summed E-state index contributed by atoms with van der Waals surface area (Å²) in [7, 11) is 5.26. The second-order valence-electron chi connectivity index (χ2n) is 3.16. The average molecular weight is 198 g/mol. The smallest absolute Gasteiger partial charge is 0.360 e. The van der Waals surface area contributed by atoms with Gasteiger partial charge in [0.1, 0.15) is 0 Å². The largest absolute Gasteiger partial charge is 0.464 e. The number of hydrogen-bond acceptors (Lipinski definition) is 5. The molecule has 0 atom stereocenters. The van der Waals surface area contributed by atoms with Crippen LogP contribution in [-0.2, 0) is 11.3 Å². The summed E-state index contributed by atoms with van der Waals surface area (Å²) in [5.41, 5.74) is 0.242. The van der Waals surface area contributed by atoms with Gasteiger partial charge in [0.2, 0.25) is 0 Å². The fraction of sp³-hybridized carbons (Fsp3) is 0.625. The monoisotopic (exact) mass is 198 g/mol. The summed E-state index contributed by atoms with van der Waals surface area (Å²) in [5, 5.41) is 7.48. The molecule has 1 aromatic heterocycles. The molecule has 0 fully saturated rings. The number of carbonyl (C=O) groups is 1. The van der Waals surface area contributed by atoms with Crippen LogP contribution in [-0.4, -0.2) is 53.6 Å². The minimum Gasteiger partial charge on any atom is -0.464 e. The van der Waals surface area contributed by atoms with Gasteiger partial charge in [-0.15, -0.1) is 5.10 Å². The average Bonchev–Trinajstić information content (AvgIpc) is 2.62. The third-order valence-corrected chi connectivity index (χ3v) is 1.71. The first-order chi connectivity index (χ1) is 6.63. The Hall–Kier alpha value is -1.43. The number of likely N-dealkylation sites (N-methyl/N-ethyl adjacent to an activating group) is 1. The Balaban J connectivity index is 2.55. The van der Waals surface area contributed by atoms with Crippen molar-refractivity contribution in [2.24, 2.45) is 0 Å². The third-order valence-electron chi connectivity index (χ3n) is 1.71. The molecule has 0 unspecified atom stereocenters. The number of carbonyl (C=O) groups excluding carboxylic acids is 1. The molecule has 0 saturated heterocycles. The Morgan fingerprint density at radius 3 is 2.93 bits per heavy atom. The van der Waals surface area contributed by atoms with Crippen LogP contribution in [0.2, 0.25) is 0 Å². The molecule has 0 aromatic carbocycles. The Morgan fingerprint density at radius 1 is 1.64 bits per heavy atom. The molecule has 0 N–H and O–H groups in total. The molecule has 6 nitrogen and oxygen atoms in total. The van der Waals surface area contributed by atoms with Crippen LogP contribution >= 0.6 is 0 Å². The molecule has 1 aromatic rings. The van der Waals surface area contributed by atoms with Gasteiger partial charge in [-0.2, -0.15) is 0 Å². The molecule has 78 valence electrons. The van der Waals surface area contributed by atoms with Gasteiger partial charge in [0.25, 0.3) is 0 Å². The van der Waals surface area contributed by atoms with E-state index in [0.717, 1.165) is 6.54 Å². The van der Waals surface area contributed by atoms with Crippen LogP contribution in [0.25, 0.3) is 0 Å². The second-order valence-corrected chi connectivity index (χ2v) is 3.16. The molecule has 0 spiro atoms. The van der Waals surface area contributed by atoms with E-state index in [0.29, 0.717) is 6.54 Å². The molecule has 0 radical (unpaired) electrons. The van der Waals surface area contributed by atoms with Crippen LogP contribution < -0.4 is 0 Å². The van der Waals surface area contributed by atoms with E-state index in [-0.39, 0.29) is 5.69 Å². The summed E-state index contributed by atoms with van der Waals surface area (Å²) in [4.78, 5) is 13.0. The van der Waals surface area contributed by atoms with E-state index in [1.807, 2.05) is 19.0 Å². The number of rotatable bonds is 4. The van der Waals surface area contributed by atoms with Crippen LogP contribution in [0.1, 0.15) is 10.5 Å². The number of aromatic nitrogens is 3.